The highest BCUT2D eigenvalue weighted by Crippen LogP contribution is 2.41. The number of anilines is 1. The van der Waals surface area contributed by atoms with E-state index in [9.17, 15) is 32.3 Å². The number of hydrogen-bond donors (Lipinski definition) is 0. The zero-order valence-electron chi connectivity index (χ0n) is 19.0. The predicted molar refractivity (Wildman–Crippen MR) is 123 cm³/mol. The number of carbonyl (C=O) groups is 4. The van der Waals surface area contributed by atoms with E-state index in [4.69, 9.17) is 4.74 Å². The van der Waals surface area contributed by atoms with Gasteiger partial charge in [-0.1, -0.05) is 42.5 Å². The van der Waals surface area contributed by atoms with Crippen LogP contribution in [-0.4, -0.2) is 30.0 Å². The Balaban J connectivity index is 1.75. The molecule has 1 aliphatic heterocycles. The van der Waals surface area contributed by atoms with Crippen LogP contribution >= 0.6 is 0 Å². The van der Waals surface area contributed by atoms with Gasteiger partial charge in [0.1, 0.15) is 5.92 Å². The Morgan fingerprint density at radius 2 is 1.44 bits per heavy atom. The summed E-state index contributed by atoms with van der Waals surface area (Å²) in [6.07, 6.45) is -4.58. The Hall–Kier alpha value is -4.27. The van der Waals surface area contributed by atoms with E-state index in [2.05, 4.69) is 0 Å². The molecule has 3 aromatic carbocycles. The highest BCUT2D eigenvalue weighted by atomic mass is 19.4. The van der Waals surface area contributed by atoms with Crippen molar-refractivity contribution in [2.45, 2.75) is 19.1 Å². The molecular weight excluding hydrogens is 475 g/mol. The second-order valence-electron chi connectivity index (χ2n) is 8.08. The van der Waals surface area contributed by atoms with Gasteiger partial charge in [-0.05, 0) is 48.9 Å². The van der Waals surface area contributed by atoms with Crippen LogP contribution in [0.4, 0.5) is 18.9 Å². The summed E-state index contributed by atoms with van der Waals surface area (Å²) in [5, 5.41) is 0. The Kier molecular flexibility index (Phi) is 6.74. The molecule has 1 fully saturated rings. The third-order valence-electron chi connectivity index (χ3n) is 5.88. The molecule has 1 amide bonds. The molecule has 3 aromatic rings. The summed E-state index contributed by atoms with van der Waals surface area (Å²) < 4.78 is 43.8. The molecule has 0 spiro atoms. The first-order valence-corrected chi connectivity index (χ1v) is 11.0. The number of halogens is 3. The standard InChI is InChI=1S/C27H20F3NO5/c1-2-36-26(35)18-10-14-20(15-11-18)31-22(16-6-4-3-5-7-16)21(24(33)25(31)34)23(32)17-8-12-19(13-9-17)27(28,29)30/h3-15,21-22H,2H2,1H3. The maximum absolute atomic E-state index is 13.4. The normalized spacial score (nSPS) is 17.8. The lowest BCUT2D eigenvalue weighted by Crippen LogP contribution is -2.30. The van der Waals surface area contributed by atoms with Crippen LogP contribution in [0.5, 0.6) is 0 Å². The van der Waals surface area contributed by atoms with Crippen LogP contribution in [0.15, 0.2) is 78.9 Å². The average Bonchev–Trinajstić information content (AvgIpc) is 3.14. The minimum absolute atomic E-state index is 0.116. The van der Waals surface area contributed by atoms with Gasteiger partial charge in [0.15, 0.2) is 5.78 Å². The maximum atomic E-state index is 13.4. The summed E-state index contributed by atoms with van der Waals surface area (Å²) in [5.74, 6) is -4.69. The number of ether oxygens (including phenoxy) is 1. The van der Waals surface area contributed by atoms with Crippen LogP contribution < -0.4 is 4.90 Å². The number of nitrogens with zero attached hydrogens (tertiary/aromatic N) is 1. The molecule has 36 heavy (non-hydrogen) atoms. The molecule has 0 N–H and O–H groups in total. The lowest BCUT2D eigenvalue weighted by Gasteiger charge is -2.27. The molecular formula is C27H20F3NO5. The minimum atomic E-state index is -4.58. The van der Waals surface area contributed by atoms with Crippen molar-refractivity contribution < 1.29 is 37.1 Å². The first-order valence-electron chi connectivity index (χ1n) is 11.0. The van der Waals surface area contributed by atoms with Crippen LogP contribution in [-0.2, 0) is 20.5 Å². The van der Waals surface area contributed by atoms with Crippen LogP contribution in [0.3, 0.4) is 0 Å². The molecule has 2 unspecified atom stereocenters. The second kappa shape index (κ2) is 9.77. The lowest BCUT2D eigenvalue weighted by atomic mass is 9.86. The molecule has 1 aliphatic rings. The third-order valence-corrected chi connectivity index (χ3v) is 5.88. The van der Waals surface area contributed by atoms with Crippen molar-refractivity contribution in [1.29, 1.82) is 0 Å². The Labute approximate surface area is 204 Å². The minimum Gasteiger partial charge on any atom is -0.462 e. The van der Waals surface area contributed by atoms with Crippen molar-refractivity contribution in [2.75, 3.05) is 11.5 Å². The van der Waals surface area contributed by atoms with Gasteiger partial charge in [-0.2, -0.15) is 13.2 Å². The van der Waals surface area contributed by atoms with E-state index in [1.54, 1.807) is 37.3 Å². The van der Waals surface area contributed by atoms with Crippen molar-refractivity contribution in [3.05, 3.63) is 101 Å². The monoisotopic (exact) mass is 495 g/mol. The highest BCUT2D eigenvalue weighted by molar-refractivity contribution is 6.49. The summed E-state index contributed by atoms with van der Waals surface area (Å²) in [6.45, 7) is 1.85. The molecule has 0 aromatic heterocycles. The Morgan fingerprint density at radius 1 is 0.861 bits per heavy atom. The van der Waals surface area contributed by atoms with E-state index in [-0.39, 0.29) is 23.4 Å². The number of amides is 1. The Bertz CT molecular complexity index is 1300. The fourth-order valence-electron chi connectivity index (χ4n) is 4.18. The predicted octanol–water partition coefficient (Wildman–Crippen LogP) is 5.04. The van der Waals surface area contributed by atoms with Crippen molar-refractivity contribution in [2.24, 2.45) is 5.92 Å². The van der Waals surface area contributed by atoms with Gasteiger partial charge >= 0.3 is 12.1 Å². The second-order valence-corrected chi connectivity index (χ2v) is 8.08. The summed E-state index contributed by atoms with van der Waals surface area (Å²) >= 11 is 0. The highest BCUT2D eigenvalue weighted by Gasteiger charge is 2.52. The number of esters is 1. The number of benzene rings is 3. The number of hydrogen-bond acceptors (Lipinski definition) is 5. The van der Waals surface area contributed by atoms with Crippen LogP contribution in [0, 0.1) is 5.92 Å². The van der Waals surface area contributed by atoms with Crippen molar-refractivity contribution in [3.63, 3.8) is 0 Å². The smallest absolute Gasteiger partial charge is 0.416 e. The van der Waals surface area contributed by atoms with Gasteiger partial charge in [0.2, 0.25) is 5.78 Å². The molecule has 9 heteroatoms. The summed E-state index contributed by atoms with van der Waals surface area (Å²) in [6, 6.07) is 16.7. The summed E-state index contributed by atoms with van der Waals surface area (Å²) in [4.78, 5) is 52.8. The Morgan fingerprint density at radius 3 is 2.00 bits per heavy atom. The molecule has 6 nitrogen and oxygen atoms in total. The molecule has 1 saturated heterocycles. The fourth-order valence-corrected chi connectivity index (χ4v) is 4.18. The molecule has 2 atom stereocenters. The van der Waals surface area contributed by atoms with Crippen LogP contribution in [0.2, 0.25) is 0 Å². The number of alkyl halides is 3. The number of rotatable bonds is 6. The van der Waals surface area contributed by atoms with E-state index in [1.165, 1.54) is 29.2 Å². The molecule has 4 rings (SSSR count). The van der Waals surface area contributed by atoms with Gasteiger partial charge in [-0.25, -0.2) is 4.79 Å². The molecule has 0 aliphatic carbocycles. The van der Waals surface area contributed by atoms with E-state index in [0.717, 1.165) is 24.3 Å². The van der Waals surface area contributed by atoms with Gasteiger partial charge in [-0.15, -0.1) is 0 Å². The van der Waals surface area contributed by atoms with Crippen LogP contribution in [0.1, 0.15) is 44.8 Å². The quantitative estimate of drug-likeness (QED) is 0.207. The van der Waals surface area contributed by atoms with Gasteiger partial charge in [0.25, 0.3) is 5.91 Å². The van der Waals surface area contributed by atoms with E-state index in [0.29, 0.717) is 5.56 Å². The van der Waals surface area contributed by atoms with Crippen molar-refractivity contribution >= 4 is 29.1 Å². The van der Waals surface area contributed by atoms with E-state index < -0.39 is 47.1 Å². The van der Waals surface area contributed by atoms with Gasteiger partial charge in [0.05, 0.1) is 23.8 Å². The van der Waals surface area contributed by atoms with E-state index in [1.807, 2.05) is 0 Å². The average molecular weight is 495 g/mol. The molecule has 1 heterocycles. The number of ketones is 2. The van der Waals surface area contributed by atoms with Crippen LogP contribution in [0.25, 0.3) is 0 Å². The fraction of sp³-hybridized carbons (Fsp3) is 0.185. The largest absolute Gasteiger partial charge is 0.462 e. The molecule has 0 saturated carbocycles. The third kappa shape index (κ3) is 4.64. The summed E-state index contributed by atoms with van der Waals surface area (Å²) in [5.41, 5.74) is -0.0352. The number of Topliss-reactive ketones (excluding diaryl/α,β-unsaturated/α-hetero) is 2. The van der Waals surface area contributed by atoms with E-state index >= 15 is 0 Å². The molecule has 0 radical (unpaired) electrons. The van der Waals surface area contributed by atoms with Crippen molar-refractivity contribution in [3.8, 4) is 0 Å². The molecule has 184 valence electrons. The van der Waals surface area contributed by atoms with Gasteiger partial charge in [-0.3, -0.25) is 19.3 Å². The zero-order valence-corrected chi connectivity index (χ0v) is 19.0. The maximum Gasteiger partial charge on any atom is 0.416 e. The van der Waals surface area contributed by atoms with Crippen molar-refractivity contribution in [1.82, 2.24) is 0 Å². The topological polar surface area (TPSA) is 80.8 Å². The van der Waals surface area contributed by atoms with Gasteiger partial charge < -0.3 is 4.74 Å². The first-order chi connectivity index (χ1) is 17.1. The molecule has 0 bridgehead atoms. The summed E-state index contributed by atoms with van der Waals surface area (Å²) in [7, 11) is 0. The zero-order chi connectivity index (χ0) is 26.0. The van der Waals surface area contributed by atoms with Gasteiger partial charge in [0, 0.05) is 11.3 Å². The SMILES string of the molecule is CCOC(=O)c1ccc(N2C(=O)C(=O)C(C(=O)c3ccc(C(F)(F)F)cc3)C2c2ccccc2)cc1. The first kappa shape index (κ1) is 24.8. The lowest BCUT2D eigenvalue weighted by molar-refractivity contribution is -0.137. The number of carbonyl (C=O) groups excluding carboxylic acids is 4.